The van der Waals surface area contributed by atoms with Gasteiger partial charge in [-0.1, -0.05) is 11.2 Å². The maximum atomic E-state index is 13.9. The second-order valence-electron chi connectivity index (χ2n) is 6.13. The summed E-state index contributed by atoms with van der Waals surface area (Å²) < 4.78 is 32.9. The van der Waals surface area contributed by atoms with E-state index in [2.05, 4.69) is 25.8 Å². The first-order chi connectivity index (χ1) is 12.6. The number of nitrogens with one attached hydrogen (secondary N) is 2. The lowest BCUT2D eigenvalue weighted by atomic mass is 10.2. The van der Waals surface area contributed by atoms with E-state index in [-0.39, 0.29) is 11.7 Å². The molecule has 3 rings (SSSR count). The molecular weight excluding hydrogens is 342 g/mol. The lowest BCUT2D eigenvalue weighted by molar-refractivity contribution is 0.374. The van der Waals surface area contributed by atoms with E-state index in [1.54, 1.807) is 18.9 Å². The first-order valence-corrected chi connectivity index (χ1v) is 8.52. The fourth-order valence-electron chi connectivity index (χ4n) is 2.99. The number of hydrogen-bond donors (Lipinski definition) is 2. The summed E-state index contributed by atoms with van der Waals surface area (Å²) in [5.41, 5.74) is 0.0338. The molecule has 1 aliphatic heterocycles. The van der Waals surface area contributed by atoms with Gasteiger partial charge in [-0.2, -0.15) is 4.98 Å². The molecule has 1 aromatic heterocycles. The molecule has 1 fully saturated rings. The quantitative estimate of drug-likeness (QED) is 0.620. The summed E-state index contributed by atoms with van der Waals surface area (Å²) in [6.07, 6.45) is 1.34. The van der Waals surface area contributed by atoms with E-state index in [9.17, 15) is 8.78 Å². The highest BCUT2D eigenvalue weighted by Gasteiger charge is 2.27. The van der Waals surface area contributed by atoms with Crippen LogP contribution >= 0.6 is 0 Å². The fraction of sp³-hybridized carbons (Fsp3) is 0.471. The lowest BCUT2D eigenvalue weighted by Crippen LogP contribution is -2.45. The molecule has 1 unspecified atom stereocenters. The van der Waals surface area contributed by atoms with Gasteiger partial charge in [0.15, 0.2) is 11.8 Å². The van der Waals surface area contributed by atoms with Crippen molar-refractivity contribution < 1.29 is 13.3 Å². The Kier molecular flexibility index (Phi) is 5.65. The van der Waals surface area contributed by atoms with Crippen molar-refractivity contribution in [3.63, 3.8) is 0 Å². The Labute approximate surface area is 150 Å². The van der Waals surface area contributed by atoms with Crippen LogP contribution in [-0.4, -0.2) is 48.8 Å². The summed E-state index contributed by atoms with van der Waals surface area (Å²) in [5, 5.41) is 10.2. The predicted octanol–water partition coefficient (Wildman–Crippen LogP) is 1.64. The second kappa shape index (κ2) is 8.11. The number of guanidine groups is 1. The van der Waals surface area contributed by atoms with E-state index in [0.29, 0.717) is 43.7 Å². The molecular formula is C17H22F2N6O. The Morgan fingerprint density at radius 2 is 2.15 bits per heavy atom. The first kappa shape index (κ1) is 18.1. The van der Waals surface area contributed by atoms with E-state index < -0.39 is 11.6 Å². The van der Waals surface area contributed by atoms with Gasteiger partial charge in [0.2, 0.25) is 5.89 Å². The minimum absolute atomic E-state index is 0.0338. The molecule has 1 aliphatic rings. The normalized spacial score (nSPS) is 17.6. The molecule has 9 heteroatoms. The topological polar surface area (TPSA) is 78.6 Å². The number of para-hydroxylation sites is 1. The minimum Gasteiger partial charge on any atom is -0.365 e. The minimum atomic E-state index is -0.539. The van der Waals surface area contributed by atoms with Gasteiger partial charge in [-0.15, -0.1) is 0 Å². The number of rotatable bonds is 5. The molecule has 2 N–H and O–H groups in total. The molecule has 0 amide bonds. The van der Waals surface area contributed by atoms with Gasteiger partial charge in [0.25, 0.3) is 0 Å². The van der Waals surface area contributed by atoms with Gasteiger partial charge in [0.05, 0.1) is 0 Å². The Hall–Kier alpha value is -2.71. The van der Waals surface area contributed by atoms with Crippen LogP contribution in [0.1, 0.15) is 18.1 Å². The number of hydrogen-bond acceptors (Lipinski definition) is 5. The van der Waals surface area contributed by atoms with Crippen molar-refractivity contribution in [2.45, 2.75) is 25.8 Å². The number of anilines is 1. The summed E-state index contributed by atoms with van der Waals surface area (Å²) in [6, 6.07) is 3.97. The predicted molar refractivity (Wildman–Crippen MR) is 94.2 cm³/mol. The number of benzene rings is 1. The van der Waals surface area contributed by atoms with Crippen molar-refractivity contribution in [1.29, 1.82) is 0 Å². The molecule has 0 bridgehead atoms. The van der Waals surface area contributed by atoms with Crippen LogP contribution in [0.5, 0.6) is 0 Å². The van der Waals surface area contributed by atoms with Crippen molar-refractivity contribution in [2.24, 2.45) is 4.99 Å². The van der Waals surface area contributed by atoms with E-state index in [4.69, 9.17) is 4.52 Å². The Balaban J connectivity index is 1.50. The van der Waals surface area contributed by atoms with Crippen molar-refractivity contribution in [2.75, 3.05) is 31.6 Å². The summed E-state index contributed by atoms with van der Waals surface area (Å²) in [4.78, 5) is 10.0. The molecule has 26 heavy (non-hydrogen) atoms. The third kappa shape index (κ3) is 4.27. The van der Waals surface area contributed by atoms with Crippen LogP contribution in [0.3, 0.4) is 0 Å². The zero-order valence-corrected chi connectivity index (χ0v) is 14.8. The number of aryl methyl sites for hydroxylation is 1. The van der Waals surface area contributed by atoms with Gasteiger partial charge in [-0.05, 0) is 25.5 Å². The van der Waals surface area contributed by atoms with E-state index in [1.165, 1.54) is 18.2 Å². The summed E-state index contributed by atoms with van der Waals surface area (Å²) in [6.45, 7) is 3.43. The van der Waals surface area contributed by atoms with E-state index in [0.717, 1.165) is 6.42 Å². The van der Waals surface area contributed by atoms with Gasteiger partial charge < -0.3 is 20.1 Å². The standard InChI is InChI=1S/C17H22F2N6O/c1-11-22-15(26-24-11)6-8-21-17(20-2)23-12-7-9-25(10-12)16-13(18)4-3-5-14(16)19/h3-5,12H,6-10H2,1-2H3,(H2,20,21,23). The molecule has 0 saturated carbocycles. The average Bonchev–Trinajstić information content (AvgIpc) is 3.23. The second-order valence-corrected chi connectivity index (χ2v) is 6.13. The Bertz CT molecular complexity index is 758. The number of nitrogens with zero attached hydrogens (tertiary/aromatic N) is 4. The number of aliphatic imine (C=N–C) groups is 1. The average molecular weight is 364 g/mol. The van der Waals surface area contributed by atoms with Gasteiger partial charge in [0.1, 0.15) is 17.3 Å². The molecule has 0 radical (unpaired) electrons. The summed E-state index contributed by atoms with van der Waals surface area (Å²) in [7, 11) is 1.68. The smallest absolute Gasteiger partial charge is 0.228 e. The van der Waals surface area contributed by atoms with Crippen molar-refractivity contribution in [3.8, 4) is 0 Å². The van der Waals surface area contributed by atoms with Crippen LogP contribution in [0.15, 0.2) is 27.7 Å². The van der Waals surface area contributed by atoms with E-state index >= 15 is 0 Å². The van der Waals surface area contributed by atoms with Crippen LogP contribution in [0, 0.1) is 18.6 Å². The zero-order valence-electron chi connectivity index (χ0n) is 14.8. The monoisotopic (exact) mass is 364 g/mol. The lowest BCUT2D eigenvalue weighted by Gasteiger charge is -2.21. The molecule has 0 aliphatic carbocycles. The molecule has 1 atom stereocenters. The van der Waals surface area contributed by atoms with Gasteiger partial charge in [0, 0.05) is 39.1 Å². The molecule has 140 valence electrons. The largest absolute Gasteiger partial charge is 0.365 e. The highest BCUT2D eigenvalue weighted by Crippen LogP contribution is 2.26. The fourth-order valence-corrected chi connectivity index (χ4v) is 2.99. The molecule has 1 saturated heterocycles. The summed E-state index contributed by atoms with van der Waals surface area (Å²) in [5.74, 6) is 0.717. The third-order valence-corrected chi connectivity index (χ3v) is 4.21. The molecule has 0 spiro atoms. The Morgan fingerprint density at radius 1 is 1.38 bits per heavy atom. The van der Waals surface area contributed by atoms with Crippen molar-refractivity contribution in [1.82, 2.24) is 20.8 Å². The maximum absolute atomic E-state index is 13.9. The summed E-state index contributed by atoms with van der Waals surface area (Å²) >= 11 is 0. The van der Waals surface area contributed by atoms with Crippen LogP contribution in [-0.2, 0) is 6.42 Å². The van der Waals surface area contributed by atoms with Crippen LogP contribution in [0.4, 0.5) is 14.5 Å². The van der Waals surface area contributed by atoms with Gasteiger partial charge >= 0.3 is 0 Å². The first-order valence-electron chi connectivity index (χ1n) is 8.52. The van der Waals surface area contributed by atoms with Crippen LogP contribution < -0.4 is 15.5 Å². The highest BCUT2D eigenvalue weighted by atomic mass is 19.1. The SMILES string of the molecule is CN=C(NCCc1nc(C)no1)NC1CCN(c2c(F)cccc2F)C1. The van der Waals surface area contributed by atoms with Crippen molar-refractivity contribution >= 4 is 11.6 Å². The van der Waals surface area contributed by atoms with Crippen LogP contribution in [0.2, 0.25) is 0 Å². The Morgan fingerprint density at radius 3 is 2.81 bits per heavy atom. The van der Waals surface area contributed by atoms with E-state index in [1.807, 2.05) is 0 Å². The maximum Gasteiger partial charge on any atom is 0.228 e. The highest BCUT2D eigenvalue weighted by molar-refractivity contribution is 5.80. The van der Waals surface area contributed by atoms with Gasteiger partial charge in [-0.3, -0.25) is 4.99 Å². The molecule has 1 aromatic carbocycles. The molecule has 2 aromatic rings. The molecule has 2 heterocycles. The van der Waals surface area contributed by atoms with Gasteiger partial charge in [-0.25, -0.2) is 8.78 Å². The van der Waals surface area contributed by atoms with Crippen molar-refractivity contribution in [3.05, 3.63) is 41.5 Å². The number of aromatic nitrogens is 2. The van der Waals surface area contributed by atoms with Crippen LogP contribution in [0.25, 0.3) is 0 Å². The number of halogens is 2. The zero-order chi connectivity index (χ0) is 18.5. The third-order valence-electron chi connectivity index (χ3n) is 4.21. The molecule has 7 nitrogen and oxygen atoms in total.